The number of hydrogen-bond donors (Lipinski definition) is 0. The van der Waals surface area contributed by atoms with Gasteiger partial charge < -0.3 is 10.3 Å². The summed E-state index contributed by atoms with van der Waals surface area (Å²) in [5.41, 5.74) is 10.3. The topological polar surface area (TPSA) is 92.2 Å². The van der Waals surface area contributed by atoms with Crippen LogP contribution >= 0.6 is 0 Å². The van der Waals surface area contributed by atoms with Crippen LogP contribution in [-0.4, -0.2) is 41.0 Å². The van der Waals surface area contributed by atoms with E-state index in [0.29, 0.717) is 11.3 Å². The Kier molecular flexibility index (Phi) is 5.76. The van der Waals surface area contributed by atoms with Crippen molar-refractivity contribution in [2.24, 2.45) is 0 Å². The standard InChI is InChI=1S/C20H19N3O4/c1-2-26-20(25)16-13-17(27-23(16)15-11-7-4-8-12-15)18(22-21)19(24)14-9-5-3-6-10-14/h3-12,16-17H,2,13H2,1H3/t16-,17+/m1/s1. The average molecular weight is 365 g/mol. The molecule has 2 atom stereocenters. The number of rotatable bonds is 6. The van der Waals surface area contributed by atoms with Gasteiger partial charge in [-0.1, -0.05) is 48.5 Å². The van der Waals surface area contributed by atoms with Crippen LogP contribution in [-0.2, 0) is 14.4 Å². The van der Waals surface area contributed by atoms with Crippen molar-refractivity contribution in [1.29, 1.82) is 0 Å². The smallest absolute Gasteiger partial charge is 0.370 e. The molecule has 0 aromatic heterocycles. The second-order valence-corrected chi connectivity index (χ2v) is 5.94. The Morgan fingerprint density at radius 1 is 1.15 bits per heavy atom. The van der Waals surface area contributed by atoms with Crippen molar-refractivity contribution in [2.75, 3.05) is 11.7 Å². The summed E-state index contributed by atoms with van der Waals surface area (Å²) in [6.45, 7) is 1.95. The van der Waals surface area contributed by atoms with E-state index in [0.717, 1.165) is 0 Å². The van der Waals surface area contributed by atoms with Gasteiger partial charge >= 0.3 is 11.7 Å². The van der Waals surface area contributed by atoms with Crippen LogP contribution in [0.1, 0.15) is 23.7 Å². The van der Waals surface area contributed by atoms with E-state index in [9.17, 15) is 15.1 Å². The molecule has 0 aliphatic carbocycles. The molecule has 7 nitrogen and oxygen atoms in total. The molecule has 27 heavy (non-hydrogen) atoms. The highest BCUT2D eigenvalue weighted by molar-refractivity contribution is 6.45. The summed E-state index contributed by atoms with van der Waals surface area (Å²) in [5.74, 6) is -0.922. The number of para-hydroxylation sites is 1. The Balaban J connectivity index is 1.89. The maximum absolute atomic E-state index is 12.7. The first kappa shape index (κ1) is 18.5. The van der Waals surface area contributed by atoms with Crippen molar-refractivity contribution >= 4 is 23.2 Å². The van der Waals surface area contributed by atoms with Gasteiger partial charge in [-0.05, 0) is 19.1 Å². The van der Waals surface area contributed by atoms with Gasteiger partial charge in [0.25, 0.3) is 5.78 Å². The maximum Gasteiger partial charge on any atom is 0.370 e. The van der Waals surface area contributed by atoms with Crippen LogP contribution in [0.2, 0.25) is 0 Å². The molecule has 2 aromatic rings. The number of nitrogens with zero attached hydrogens (tertiary/aromatic N) is 3. The van der Waals surface area contributed by atoms with Crippen LogP contribution in [0.4, 0.5) is 5.69 Å². The van der Waals surface area contributed by atoms with Crippen LogP contribution in [0.25, 0.3) is 5.53 Å². The average Bonchev–Trinajstić information content (AvgIpc) is 3.15. The lowest BCUT2D eigenvalue weighted by Crippen LogP contribution is -2.36. The van der Waals surface area contributed by atoms with E-state index in [-0.39, 0.29) is 18.7 Å². The minimum Gasteiger partial charge on any atom is -0.464 e. The molecule has 1 heterocycles. The number of carbonyl (C=O) groups excluding carboxylic acids is 2. The van der Waals surface area contributed by atoms with Gasteiger partial charge in [0, 0.05) is 12.0 Å². The molecule has 0 unspecified atom stereocenters. The summed E-state index contributed by atoms with van der Waals surface area (Å²) in [6, 6.07) is 16.7. The predicted molar refractivity (Wildman–Crippen MR) is 98.2 cm³/mol. The normalized spacial score (nSPS) is 18.6. The maximum atomic E-state index is 12.7. The monoisotopic (exact) mass is 365 g/mol. The Hall–Kier alpha value is -3.28. The number of hydroxylamine groups is 1. The number of benzene rings is 2. The second-order valence-electron chi connectivity index (χ2n) is 5.94. The van der Waals surface area contributed by atoms with E-state index < -0.39 is 23.9 Å². The van der Waals surface area contributed by atoms with Crippen molar-refractivity contribution < 1.29 is 24.0 Å². The summed E-state index contributed by atoms with van der Waals surface area (Å²) >= 11 is 0. The van der Waals surface area contributed by atoms with Gasteiger partial charge in [0.05, 0.1) is 12.3 Å². The van der Waals surface area contributed by atoms with Crippen LogP contribution in [0.3, 0.4) is 0 Å². The largest absolute Gasteiger partial charge is 0.464 e. The zero-order chi connectivity index (χ0) is 19.2. The molecule has 0 N–H and O–H groups in total. The van der Waals surface area contributed by atoms with Gasteiger partial charge in [0.1, 0.15) is 0 Å². The lowest BCUT2D eigenvalue weighted by Gasteiger charge is -2.22. The SMILES string of the molecule is CCOC(=O)[C@H]1C[C@@H](C(=[N+]=[N-])C(=O)c2ccccc2)ON1c1ccccc1. The molecule has 0 amide bonds. The summed E-state index contributed by atoms with van der Waals surface area (Å²) < 4.78 is 5.14. The second kappa shape index (κ2) is 8.40. The number of ketones is 1. The molecule has 0 radical (unpaired) electrons. The van der Waals surface area contributed by atoms with Crippen molar-refractivity contribution in [1.82, 2.24) is 0 Å². The molecule has 1 aliphatic heterocycles. The van der Waals surface area contributed by atoms with E-state index in [1.165, 1.54) is 5.06 Å². The van der Waals surface area contributed by atoms with E-state index in [2.05, 4.69) is 4.79 Å². The summed E-state index contributed by atoms with van der Waals surface area (Å²) in [4.78, 5) is 34.1. The minimum absolute atomic E-state index is 0.131. The molecule has 1 fully saturated rings. The van der Waals surface area contributed by atoms with Crippen molar-refractivity contribution in [3.8, 4) is 0 Å². The van der Waals surface area contributed by atoms with E-state index in [1.54, 1.807) is 49.4 Å². The van der Waals surface area contributed by atoms with Gasteiger partial charge in [-0.3, -0.25) is 9.63 Å². The molecule has 1 saturated heterocycles. The highest BCUT2D eigenvalue weighted by Crippen LogP contribution is 2.29. The van der Waals surface area contributed by atoms with Gasteiger partial charge in [-0.15, -0.1) is 0 Å². The fourth-order valence-electron chi connectivity index (χ4n) is 2.95. The molecular formula is C20H19N3O4. The number of esters is 1. The molecule has 0 spiro atoms. The molecular weight excluding hydrogens is 346 g/mol. The highest BCUT2D eigenvalue weighted by atomic mass is 16.7. The third kappa shape index (κ3) is 3.95. The Morgan fingerprint density at radius 2 is 1.78 bits per heavy atom. The first-order chi connectivity index (χ1) is 13.2. The lowest BCUT2D eigenvalue weighted by molar-refractivity contribution is -0.145. The molecule has 2 aromatic carbocycles. The summed E-state index contributed by atoms with van der Waals surface area (Å²) in [6.07, 6.45) is -0.747. The van der Waals surface area contributed by atoms with Crippen molar-refractivity contribution in [2.45, 2.75) is 25.5 Å². The fourth-order valence-corrected chi connectivity index (χ4v) is 2.95. The van der Waals surface area contributed by atoms with Crippen molar-refractivity contribution in [3.05, 3.63) is 71.8 Å². The Bertz CT molecular complexity index is 863. The van der Waals surface area contributed by atoms with Crippen molar-refractivity contribution in [3.63, 3.8) is 0 Å². The zero-order valence-corrected chi connectivity index (χ0v) is 14.8. The van der Waals surface area contributed by atoms with E-state index in [4.69, 9.17) is 9.57 Å². The highest BCUT2D eigenvalue weighted by Gasteiger charge is 2.47. The van der Waals surface area contributed by atoms with Crippen LogP contribution < -0.4 is 5.06 Å². The summed E-state index contributed by atoms with van der Waals surface area (Å²) in [7, 11) is 0. The Morgan fingerprint density at radius 3 is 2.37 bits per heavy atom. The number of ether oxygens (including phenoxy) is 1. The number of carbonyl (C=O) groups is 2. The van der Waals surface area contributed by atoms with Crippen LogP contribution in [0.15, 0.2) is 60.7 Å². The van der Waals surface area contributed by atoms with Gasteiger partial charge in [0.2, 0.25) is 0 Å². The third-order valence-electron chi connectivity index (χ3n) is 4.21. The molecule has 3 rings (SSSR count). The van der Waals surface area contributed by atoms with E-state index in [1.807, 2.05) is 18.2 Å². The predicted octanol–water partition coefficient (Wildman–Crippen LogP) is 2.68. The third-order valence-corrected chi connectivity index (χ3v) is 4.21. The molecule has 7 heteroatoms. The first-order valence-corrected chi connectivity index (χ1v) is 8.65. The quantitative estimate of drug-likeness (QED) is 0.258. The van der Waals surface area contributed by atoms with Crippen LogP contribution in [0, 0.1) is 0 Å². The first-order valence-electron chi connectivity index (χ1n) is 8.65. The molecule has 0 bridgehead atoms. The molecule has 1 aliphatic rings. The molecule has 138 valence electrons. The number of anilines is 1. The number of hydrogen-bond acceptors (Lipinski definition) is 5. The fraction of sp³-hybridized carbons (Fsp3) is 0.250. The Labute approximate surface area is 156 Å². The summed E-state index contributed by atoms with van der Waals surface area (Å²) in [5, 5.41) is 1.41. The molecule has 0 saturated carbocycles. The van der Waals surface area contributed by atoms with Crippen LogP contribution in [0.5, 0.6) is 0 Å². The lowest BCUT2D eigenvalue weighted by atomic mass is 9.99. The van der Waals surface area contributed by atoms with Gasteiger partial charge in [-0.2, -0.15) is 4.79 Å². The number of Topliss-reactive ketones (excluding diaryl/α,β-unsaturated/α-hetero) is 1. The minimum atomic E-state index is -0.877. The van der Waals surface area contributed by atoms with Gasteiger partial charge in [-0.25, -0.2) is 9.86 Å². The zero-order valence-electron chi connectivity index (χ0n) is 14.8. The van der Waals surface area contributed by atoms with Gasteiger partial charge in [0.15, 0.2) is 12.1 Å². The van der Waals surface area contributed by atoms with E-state index >= 15 is 0 Å².